The van der Waals surface area contributed by atoms with E-state index in [1.54, 1.807) is 14.2 Å². The van der Waals surface area contributed by atoms with Crippen LogP contribution in [0.5, 0.6) is 0 Å². The Morgan fingerprint density at radius 1 is 1.46 bits per heavy atom. The Labute approximate surface area is 77.1 Å². The van der Waals surface area contributed by atoms with Gasteiger partial charge in [-0.1, -0.05) is 0 Å². The molecule has 2 bridgehead atoms. The molecule has 3 fully saturated rings. The maximum absolute atomic E-state index is 5.88. The minimum atomic E-state index is -0.327. The molecule has 2 aliphatic heterocycles. The number of ether oxygens (including phenoxy) is 4. The van der Waals surface area contributed by atoms with Crippen LogP contribution in [-0.2, 0) is 18.9 Å². The molecule has 4 atom stereocenters. The maximum atomic E-state index is 5.88. The van der Waals surface area contributed by atoms with Crippen LogP contribution in [0.1, 0.15) is 6.42 Å². The van der Waals surface area contributed by atoms with E-state index in [1.165, 1.54) is 0 Å². The number of hydrogen-bond donors (Lipinski definition) is 0. The van der Waals surface area contributed by atoms with Gasteiger partial charge in [-0.15, -0.1) is 0 Å². The molecule has 0 unspecified atom stereocenters. The largest absolute Gasteiger partial charge is 0.381 e. The van der Waals surface area contributed by atoms with Gasteiger partial charge in [0.15, 0.2) is 0 Å². The molecule has 13 heavy (non-hydrogen) atoms. The van der Waals surface area contributed by atoms with Gasteiger partial charge in [-0.05, 0) is 0 Å². The molecule has 0 aromatic heterocycles. The minimum Gasteiger partial charge on any atom is -0.381 e. The Balaban J connectivity index is 1.90. The summed E-state index contributed by atoms with van der Waals surface area (Å²) >= 11 is 0. The predicted octanol–water partition coefficient (Wildman–Crippen LogP) is -0.0419. The number of fused-ring (bicyclic) bond motifs is 1. The van der Waals surface area contributed by atoms with Gasteiger partial charge in [-0.3, -0.25) is 0 Å². The summed E-state index contributed by atoms with van der Waals surface area (Å²) in [5.41, 5.74) is -0.445. The van der Waals surface area contributed by atoms with Crippen molar-refractivity contribution in [1.29, 1.82) is 0 Å². The molecule has 0 aromatic carbocycles. The van der Waals surface area contributed by atoms with Crippen LogP contribution < -0.4 is 0 Å². The van der Waals surface area contributed by atoms with E-state index in [0.29, 0.717) is 13.2 Å². The molecule has 3 aliphatic rings. The lowest BCUT2D eigenvalue weighted by molar-refractivity contribution is -0.138. The van der Waals surface area contributed by atoms with Gasteiger partial charge >= 0.3 is 0 Å². The van der Waals surface area contributed by atoms with Gasteiger partial charge in [0.05, 0.1) is 19.3 Å². The van der Waals surface area contributed by atoms with E-state index in [0.717, 1.165) is 6.42 Å². The highest BCUT2D eigenvalue weighted by Gasteiger charge is 2.80. The van der Waals surface area contributed by atoms with Crippen LogP contribution in [0, 0.1) is 0 Å². The molecule has 1 spiro atoms. The van der Waals surface area contributed by atoms with Crippen LogP contribution in [0.3, 0.4) is 0 Å². The SMILES string of the molecule is COC[C@]12CO[C@@]3(C[C@H]3O1)[C@H]2OC. The number of hydrogen-bond acceptors (Lipinski definition) is 4. The van der Waals surface area contributed by atoms with Gasteiger partial charge in [-0.2, -0.15) is 0 Å². The molecular weight excluding hydrogens is 172 g/mol. The van der Waals surface area contributed by atoms with Crippen LogP contribution in [-0.4, -0.2) is 50.8 Å². The van der Waals surface area contributed by atoms with Gasteiger partial charge in [0, 0.05) is 20.6 Å². The van der Waals surface area contributed by atoms with E-state index in [2.05, 4.69) is 0 Å². The van der Waals surface area contributed by atoms with E-state index in [4.69, 9.17) is 18.9 Å². The third kappa shape index (κ3) is 0.760. The van der Waals surface area contributed by atoms with Crippen molar-refractivity contribution in [2.75, 3.05) is 27.4 Å². The van der Waals surface area contributed by atoms with Crippen LogP contribution in [0.4, 0.5) is 0 Å². The molecule has 4 heteroatoms. The second-order valence-electron chi connectivity index (χ2n) is 4.17. The summed E-state index contributed by atoms with van der Waals surface area (Å²) in [6, 6.07) is 0. The summed E-state index contributed by atoms with van der Waals surface area (Å²) in [7, 11) is 3.40. The topological polar surface area (TPSA) is 36.9 Å². The second-order valence-corrected chi connectivity index (χ2v) is 4.17. The molecule has 1 saturated carbocycles. The van der Waals surface area contributed by atoms with Gasteiger partial charge in [-0.25, -0.2) is 0 Å². The third-order valence-corrected chi connectivity index (χ3v) is 3.40. The van der Waals surface area contributed by atoms with Crippen LogP contribution >= 0.6 is 0 Å². The van der Waals surface area contributed by atoms with Gasteiger partial charge in [0.2, 0.25) is 0 Å². The first kappa shape index (κ1) is 8.17. The van der Waals surface area contributed by atoms with Crippen LogP contribution in [0.15, 0.2) is 0 Å². The van der Waals surface area contributed by atoms with E-state index < -0.39 is 0 Å². The standard InChI is InChI=1S/C9H14O4/c1-10-4-8-5-12-9(7(8)11-2)3-6(9)13-8/h6-7H,3-5H2,1-2H3/t6-,7+,8-,9-/m1/s1. The number of methoxy groups -OCH3 is 2. The van der Waals surface area contributed by atoms with E-state index in [9.17, 15) is 0 Å². The smallest absolute Gasteiger partial charge is 0.144 e. The normalized spacial score (nSPS) is 56.8. The van der Waals surface area contributed by atoms with Crippen molar-refractivity contribution in [3.05, 3.63) is 0 Å². The molecular formula is C9H14O4. The zero-order chi connectivity index (χ0) is 9.10. The molecule has 0 aromatic rings. The lowest BCUT2D eigenvalue weighted by Crippen LogP contribution is -2.47. The second kappa shape index (κ2) is 2.25. The van der Waals surface area contributed by atoms with E-state index in [1.807, 2.05) is 0 Å². The lowest BCUT2D eigenvalue weighted by atomic mass is 9.98. The Morgan fingerprint density at radius 2 is 2.31 bits per heavy atom. The van der Waals surface area contributed by atoms with E-state index >= 15 is 0 Å². The Kier molecular flexibility index (Phi) is 1.42. The van der Waals surface area contributed by atoms with E-state index in [-0.39, 0.29) is 23.4 Å². The first-order valence-electron chi connectivity index (χ1n) is 4.61. The van der Waals surface area contributed by atoms with Crippen molar-refractivity contribution in [1.82, 2.24) is 0 Å². The van der Waals surface area contributed by atoms with Gasteiger partial charge < -0.3 is 18.9 Å². The molecule has 2 saturated heterocycles. The summed E-state index contributed by atoms with van der Waals surface area (Å²) in [6.45, 7) is 1.17. The van der Waals surface area contributed by atoms with Crippen LogP contribution in [0.25, 0.3) is 0 Å². The van der Waals surface area contributed by atoms with Crippen molar-refractivity contribution in [3.63, 3.8) is 0 Å². The molecule has 4 nitrogen and oxygen atoms in total. The summed E-state index contributed by atoms with van der Waals surface area (Å²) in [6.07, 6.45) is 1.29. The Morgan fingerprint density at radius 3 is 2.92 bits per heavy atom. The Hall–Kier alpha value is -0.160. The first-order chi connectivity index (χ1) is 6.27. The van der Waals surface area contributed by atoms with Crippen molar-refractivity contribution in [2.24, 2.45) is 0 Å². The fourth-order valence-corrected chi connectivity index (χ4v) is 2.84. The predicted molar refractivity (Wildman–Crippen MR) is 43.6 cm³/mol. The molecule has 1 aliphatic carbocycles. The fraction of sp³-hybridized carbons (Fsp3) is 1.00. The number of rotatable bonds is 3. The quantitative estimate of drug-likeness (QED) is 0.619. The van der Waals surface area contributed by atoms with Crippen molar-refractivity contribution in [3.8, 4) is 0 Å². The van der Waals surface area contributed by atoms with Crippen molar-refractivity contribution < 1.29 is 18.9 Å². The van der Waals surface area contributed by atoms with Gasteiger partial charge in [0.1, 0.15) is 17.3 Å². The monoisotopic (exact) mass is 186 g/mol. The lowest BCUT2D eigenvalue weighted by Gasteiger charge is -2.29. The zero-order valence-electron chi connectivity index (χ0n) is 7.91. The first-order valence-corrected chi connectivity index (χ1v) is 4.61. The average Bonchev–Trinajstić information content (AvgIpc) is 2.66. The average molecular weight is 186 g/mol. The summed E-state index contributed by atoms with van der Waals surface area (Å²) in [5, 5.41) is 0. The highest BCUT2D eigenvalue weighted by atomic mass is 16.7. The highest BCUT2D eigenvalue weighted by Crippen LogP contribution is 2.62. The summed E-state index contributed by atoms with van der Waals surface area (Å²) in [5.74, 6) is 0. The van der Waals surface area contributed by atoms with Crippen LogP contribution in [0.2, 0.25) is 0 Å². The Bertz CT molecular complexity index is 240. The van der Waals surface area contributed by atoms with Crippen molar-refractivity contribution in [2.45, 2.75) is 29.8 Å². The van der Waals surface area contributed by atoms with Crippen molar-refractivity contribution >= 4 is 0 Å². The molecule has 0 N–H and O–H groups in total. The summed E-state index contributed by atoms with van der Waals surface area (Å²) in [4.78, 5) is 0. The maximum Gasteiger partial charge on any atom is 0.144 e. The zero-order valence-corrected chi connectivity index (χ0v) is 7.91. The third-order valence-electron chi connectivity index (χ3n) is 3.40. The highest BCUT2D eigenvalue weighted by molar-refractivity contribution is 5.28. The molecule has 0 amide bonds. The molecule has 0 radical (unpaired) electrons. The molecule has 74 valence electrons. The minimum absolute atomic E-state index is 0.0601. The summed E-state index contributed by atoms with van der Waals surface area (Å²) < 4.78 is 22.3. The van der Waals surface area contributed by atoms with Gasteiger partial charge in [0.25, 0.3) is 0 Å². The molecule has 3 rings (SSSR count). The molecule has 2 heterocycles. The fourth-order valence-electron chi connectivity index (χ4n) is 2.84.